The first-order valence-electron chi connectivity index (χ1n) is 25.2. The summed E-state index contributed by atoms with van der Waals surface area (Å²) in [5.74, 6) is 0. The number of hydrogen-bond donors (Lipinski definition) is 0. The summed E-state index contributed by atoms with van der Waals surface area (Å²) < 4.78 is 52.6. The largest absolute Gasteiger partial charge is 0.213 e. The number of pyridine rings is 3. The highest BCUT2D eigenvalue weighted by atomic mass is 14.9. The Kier molecular flexibility index (Phi) is 12.1. The van der Waals surface area contributed by atoms with Crippen LogP contribution < -0.4 is 13.7 Å². The Morgan fingerprint density at radius 1 is 0.292 bits per heavy atom. The fourth-order valence-corrected chi connectivity index (χ4v) is 8.56. The van der Waals surface area contributed by atoms with E-state index in [1.54, 1.807) is 18.3 Å². The predicted molar refractivity (Wildman–Crippen MR) is 273 cm³/mol. The lowest BCUT2D eigenvalue weighted by atomic mass is 9.97. The average Bonchev–Trinajstić information content (AvgIpc) is 3.34. The standard InChI is InChI=1S/2C21H22N.C20H20N/c2*1-15-10-11-19(16(2)12-15)21-13-17(3)20(14-22(21)4)18-8-6-5-7-9-18;1-15-9-7-8-12-18(15)20-13-19(16(2)14-21(20)3)17-10-5-4-6-11-17/h2*5-14H,1-4H3;4-14H,1-3H3/q3*+1/i1D3;;2D3. The van der Waals surface area contributed by atoms with Crippen LogP contribution in [-0.2, 0) is 21.1 Å². The number of rotatable bonds is 6. The van der Waals surface area contributed by atoms with Crippen molar-refractivity contribution in [3.05, 3.63) is 233 Å². The van der Waals surface area contributed by atoms with E-state index in [-0.39, 0.29) is 0 Å². The van der Waals surface area contributed by atoms with Crippen molar-refractivity contribution in [2.75, 3.05) is 0 Å². The Hall–Kier alpha value is -7.23. The monoisotopic (exact) mass is 857 g/mol. The summed E-state index contributed by atoms with van der Waals surface area (Å²) >= 11 is 0. The summed E-state index contributed by atoms with van der Waals surface area (Å²) in [6, 6.07) is 57.2. The van der Waals surface area contributed by atoms with Gasteiger partial charge in [-0.25, -0.2) is 13.7 Å². The molecular weight excluding hydrogens is 787 g/mol. The predicted octanol–water partition coefficient (Wildman–Crippen LogP) is 14.0. The minimum atomic E-state index is -2.16. The molecule has 0 radical (unpaired) electrons. The molecule has 0 spiro atoms. The zero-order valence-electron chi connectivity index (χ0n) is 45.2. The highest BCUT2D eigenvalue weighted by Crippen LogP contribution is 2.30. The number of nitrogens with zero attached hydrogens (tertiary/aromatic N) is 3. The zero-order chi connectivity index (χ0) is 51.2. The Morgan fingerprint density at radius 2 is 0.677 bits per heavy atom. The molecule has 3 heteroatoms. The van der Waals surface area contributed by atoms with Gasteiger partial charge in [-0.05, 0) is 124 Å². The molecular formula is C62H64N3+3. The van der Waals surface area contributed by atoms with Gasteiger partial charge in [0.15, 0.2) is 18.6 Å². The van der Waals surface area contributed by atoms with E-state index in [1.165, 1.54) is 55.8 Å². The van der Waals surface area contributed by atoms with Crippen molar-refractivity contribution in [1.82, 2.24) is 0 Å². The van der Waals surface area contributed by atoms with Gasteiger partial charge >= 0.3 is 0 Å². The van der Waals surface area contributed by atoms with Crippen molar-refractivity contribution in [3.8, 4) is 67.2 Å². The molecule has 0 aliphatic heterocycles. The van der Waals surface area contributed by atoms with Gasteiger partial charge in [0.1, 0.15) is 21.1 Å². The van der Waals surface area contributed by atoms with Crippen molar-refractivity contribution in [2.24, 2.45) is 21.1 Å². The van der Waals surface area contributed by atoms with E-state index < -0.39 is 13.7 Å². The molecule has 0 saturated carbocycles. The first-order chi connectivity index (χ1) is 33.7. The van der Waals surface area contributed by atoms with E-state index in [1.807, 2.05) is 98.4 Å². The molecule has 9 aromatic rings. The van der Waals surface area contributed by atoms with Gasteiger partial charge < -0.3 is 0 Å². The lowest BCUT2D eigenvalue weighted by Gasteiger charge is -2.10. The van der Waals surface area contributed by atoms with Crippen LogP contribution in [0.4, 0.5) is 0 Å². The molecule has 0 amide bonds. The molecule has 65 heavy (non-hydrogen) atoms. The molecule has 0 aliphatic rings. The molecule has 0 saturated heterocycles. The highest BCUT2D eigenvalue weighted by molar-refractivity contribution is 5.73. The maximum atomic E-state index is 7.90. The number of aromatic nitrogens is 3. The molecule has 3 aromatic heterocycles. The lowest BCUT2D eigenvalue weighted by Crippen LogP contribution is -2.31. The summed E-state index contributed by atoms with van der Waals surface area (Å²) in [5, 5.41) is 0. The number of hydrogen-bond acceptors (Lipinski definition) is 0. The van der Waals surface area contributed by atoms with Crippen LogP contribution in [0.15, 0.2) is 188 Å². The quantitative estimate of drug-likeness (QED) is 0.148. The van der Waals surface area contributed by atoms with Crippen LogP contribution in [0.25, 0.3) is 67.2 Å². The summed E-state index contributed by atoms with van der Waals surface area (Å²) in [4.78, 5) is 0. The topological polar surface area (TPSA) is 11.6 Å². The summed E-state index contributed by atoms with van der Waals surface area (Å²) in [6.45, 7) is 8.42. The van der Waals surface area contributed by atoms with Gasteiger partial charge in [-0.2, -0.15) is 0 Å². The SMILES string of the molecule is Cc1ccc(-c2cc(C)c(-c3ccccc3)c[n+]2C)c(C)c1.[2H]C([2H])([2H])c1c[n+](C)c(-c2ccccc2C)cc1-c1ccccc1.[2H]C([2H])([2H])c1ccc(-c2cc(C)c(-c3ccccc3)c[n+]2C)c(C)c1. The van der Waals surface area contributed by atoms with Crippen LogP contribution in [0.2, 0.25) is 0 Å². The van der Waals surface area contributed by atoms with Gasteiger partial charge in [0, 0.05) is 59.8 Å². The van der Waals surface area contributed by atoms with Gasteiger partial charge in [-0.3, -0.25) is 0 Å². The van der Waals surface area contributed by atoms with E-state index in [0.717, 1.165) is 44.8 Å². The first kappa shape index (κ1) is 38.2. The Bertz CT molecular complexity index is 3310. The van der Waals surface area contributed by atoms with Gasteiger partial charge in [0.05, 0.1) is 0 Å². The smallest absolute Gasteiger partial charge is 0.201 e. The molecule has 9 rings (SSSR count). The van der Waals surface area contributed by atoms with Crippen LogP contribution in [0.1, 0.15) is 52.7 Å². The normalized spacial score (nSPS) is 12.4. The maximum absolute atomic E-state index is 7.90. The van der Waals surface area contributed by atoms with Gasteiger partial charge in [0.25, 0.3) is 0 Å². The fourth-order valence-electron chi connectivity index (χ4n) is 8.56. The van der Waals surface area contributed by atoms with E-state index in [2.05, 4.69) is 148 Å². The second-order valence-corrected chi connectivity index (χ2v) is 17.1. The second-order valence-electron chi connectivity index (χ2n) is 17.1. The van der Waals surface area contributed by atoms with Gasteiger partial charge in [-0.15, -0.1) is 0 Å². The van der Waals surface area contributed by atoms with Crippen molar-refractivity contribution in [2.45, 2.75) is 55.2 Å². The molecule has 0 aliphatic carbocycles. The fraction of sp³-hybridized carbons (Fsp3) is 0.177. The summed E-state index contributed by atoms with van der Waals surface area (Å²) in [5.41, 5.74) is 21.4. The van der Waals surface area contributed by atoms with E-state index >= 15 is 0 Å². The van der Waals surface area contributed by atoms with E-state index in [4.69, 9.17) is 8.22 Å². The van der Waals surface area contributed by atoms with Crippen molar-refractivity contribution in [1.29, 1.82) is 0 Å². The molecule has 0 fully saturated rings. The Morgan fingerprint density at radius 3 is 1.14 bits per heavy atom. The highest BCUT2D eigenvalue weighted by Gasteiger charge is 2.19. The average molecular weight is 857 g/mol. The van der Waals surface area contributed by atoms with Gasteiger partial charge in [-0.1, -0.05) is 145 Å². The molecule has 0 atom stereocenters. The minimum absolute atomic E-state index is 0.369. The Labute approximate surface area is 397 Å². The minimum Gasteiger partial charge on any atom is -0.201 e. The zero-order valence-corrected chi connectivity index (χ0v) is 39.2. The van der Waals surface area contributed by atoms with Crippen LogP contribution in [0.3, 0.4) is 0 Å². The van der Waals surface area contributed by atoms with Crippen LogP contribution >= 0.6 is 0 Å². The van der Waals surface area contributed by atoms with E-state index in [9.17, 15) is 0 Å². The first-order valence-corrected chi connectivity index (χ1v) is 22.2. The molecule has 0 unspecified atom stereocenters. The third kappa shape index (κ3) is 10.8. The number of aryl methyl sites for hydroxylation is 11. The maximum Gasteiger partial charge on any atom is 0.213 e. The molecule has 0 bridgehead atoms. The van der Waals surface area contributed by atoms with Crippen LogP contribution in [-0.4, -0.2) is 0 Å². The molecule has 0 N–H and O–H groups in total. The number of benzene rings is 6. The van der Waals surface area contributed by atoms with Gasteiger partial charge in [0.2, 0.25) is 17.1 Å². The van der Waals surface area contributed by atoms with Crippen molar-refractivity contribution < 1.29 is 21.9 Å². The second kappa shape index (κ2) is 20.5. The Balaban J connectivity index is 0.000000157. The molecule has 6 aromatic carbocycles. The van der Waals surface area contributed by atoms with Crippen LogP contribution in [0, 0.1) is 55.2 Å². The summed E-state index contributed by atoms with van der Waals surface area (Å²) in [7, 11) is 6.05. The molecule has 3 heterocycles. The van der Waals surface area contributed by atoms with Crippen molar-refractivity contribution in [3.63, 3.8) is 0 Å². The summed E-state index contributed by atoms with van der Waals surface area (Å²) in [6.07, 6.45) is 6.10. The van der Waals surface area contributed by atoms with Crippen LogP contribution in [0.5, 0.6) is 0 Å². The van der Waals surface area contributed by atoms with Crippen molar-refractivity contribution >= 4 is 0 Å². The third-order valence-electron chi connectivity index (χ3n) is 12.1. The molecule has 3 nitrogen and oxygen atoms in total. The van der Waals surface area contributed by atoms with E-state index in [0.29, 0.717) is 11.1 Å². The third-order valence-corrected chi connectivity index (χ3v) is 12.1. The molecule has 324 valence electrons. The lowest BCUT2D eigenvalue weighted by molar-refractivity contribution is -0.660.